The van der Waals surface area contributed by atoms with Gasteiger partial charge in [-0.05, 0) is 31.3 Å². The largest absolute Gasteiger partial charge is 0.409 e. The molecule has 1 rings (SSSR count). The molecule has 1 aromatic heterocycles. The van der Waals surface area contributed by atoms with Crippen molar-refractivity contribution in [1.29, 1.82) is 0 Å². The van der Waals surface area contributed by atoms with Crippen LogP contribution < -0.4 is 11.1 Å². The van der Waals surface area contributed by atoms with E-state index in [2.05, 4.69) is 34.3 Å². The Morgan fingerprint density at radius 3 is 3.06 bits per heavy atom. The molecule has 0 fully saturated rings. The molecule has 0 unspecified atom stereocenters. The van der Waals surface area contributed by atoms with Gasteiger partial charge in [0.25, 0.3) is 0 Å². The van der Waals surface area contributed by atoms with Crippen LogP contribution in [0.4, 0.5) is 0 Å². The Hall–Kier alpha value is -1.66. The van der Waals surface area contributed by atoms with Crippen molar-refractivity contribution in [2.24, 2.45) is 10.9 Å². The Bertz CT molecular complexity index is 394. The number of pyridine rings is 1. The molecule has 0 bridgehead atoms. The summed E-state index contributed by atoms with van der Waals surface area (Å²) in [6.45, 7) is 5.85. The first-order valence-corrected chi connectivity index (χ1v) is 5.99. The standard InChI is InChI=1S/C12H21N5O/c1-3-17(2)7-6-14-9-10-4-5-15-11(8-10)12(13)16-18/h4-5,8,14,18H,3,6-7,9H2,1-2H3,(H2,13,16). The second-order valence-electron chi connectivity index (χ2n) is 4.11. The Labute approximate surface area is 107 Å². The maximum Gasteiger partial charge on any atom is 0.188 e. The van der Waals surface area contributed by atoms with Gasteiger partial charge in [0.1, 0.15) is 5.69 Å². The molecule has 0 radical (unpaired) electrons. The van der Waals surface area contributed by atoms with Gasteiger partial charge in [0.15, 0.2) is 5.84 Å². The molecule has 0 saturated carbocycles. The van der Waals surface area contributed by atoms with Crippen molar-refractivity contribution in [3.05, 3.63) is 29.6 Å². The topological polar surface area (TPSA) is 86.8 Å². The number of nitrogens with one attached hydrogen (secondary N) is 1. The van der Waals surface area contributed by atoms with Gasteiger partial charge in [0.05, 0.1) is 0 Å². The average Bonchev–Trinajstić information content (AvgIpc) is 2.42. The van der Waals surface area contributed by atoms with E-state index in [1.54, 1.807) is 6.20 Å². The second-order valence-corrected chi connectivity index (χ2v) is 4.11. The number of hydrogen-bond donors (Lipinski definition) is 3. The van der Waals surface area contributed by atoms with E-state index in [0.29, 0.717) is 5.69 Å². The minimum Gasteiger partial charge on any atom is -0.409 e. The maximum absolute atomic E-state index is 8.58. The zero-order valence-electron chi connectivity index (χ0n) is 10.9. The molecule has 0 aromatic carbocycles. The Morgan fingerprint density at radius 1 is 1.61 bits per heavy atom. The normalized spacial score (nSPS) is 12.1. The van der Waals surface area contributed by atoms with Crippen LogP contribution in [0, 0.1) is 0 Å². The van der Waals surface area contributed by atoms with Crippen LogP contribution in [0.1, 0.15) is 18.2 Å². The number of hydrogen-bond acceptors (Lipinski definition) is 5. The third-order valence-electron chi connectivity index (χ3n) is 2.73. The lowest BCUT2D eigenvalue weighted by atomic mass is 10.2. The van der Waals surface area contributed by atoms with Gasteiger partial charge in [-0.25, -0.2) is 0 Å². The summed E-state index contributed by atoms with van der Waals surface area (Å²) >= 11 is 0. The highest BCUT2D eigenvalue weighted by molar-refractivity contribution is 5.95. The first-order chi connectivity index (χ1) is 8.67. The fourth-order valence-electron chi connectivity index (χ4n) is 1.44. The Balaban J connectivity index is 2.43. The van der Waals surface area contributed by atoms with Crippen LogP contribution in [-0.4, -0.2) is 47.6 Å². The molecule has 0 saturated heterocycles. The smallest absolute Gasteiger partial charge is 0.188 e. The van der Waals surface area contributed by atoms with E-state index in [1.807, 2.05) is 12.1 Å². The number of nitrogens with two attached hydrogens (primary N) is 1. The molecule has 6 heteroatoms. The van der Waals surface area contributed by atoms with E-state index in [1.165, 1.54) is 0 Å². The lowest BCUT2D eigenvalue weighted by Gasteiger charge is -2.14. The number of likely N-dealkylation sites (N-methyl/N-ethyl adjacent to an activating group) is 1. The summed E-state index contributed by atoms with van der Waals surface area (Å²) in [5, 5.41) is 14.9. The minimum absolute atomic E-state index is 0.0302. The molecule has 1 aromatic rings. The molecule has 0 atom stereocenters. The summed E-state index contributed by atoms with van der Waals surface area (Å²) in [6, 6.07) is 3.72. The summed E-state index contributed by atoms with van der Waals surface area (Å²) in [4.78, 5) is 6.27. The van der Waals surface area contributed by atoms with Gasteiger partial charge in [0.2, 0.25) is 0 Å². The molecular weight excluding hydrogens is 230 g/mol. The van der Waals surface area contributed by atoms with Crippen molar-refractivity contribution in [3.63, 3.8) is 0 Å². The summed E-state index contributed by atoms with van der Waals surface area (Å²) in [7, 11) is 2.09. The predicted octanol–water partition coefficient (Wildman–Crippen LogP) is 0.217. The third kappa shape index (κ3) is 4.68. The van der Waals surface area contributed by atoms with Gasteiger partial charge < -0.3 is 21.2 Å². The van der Waals surface area contributed by atoms with E-state index in [4.69, 9.17) is 10.9 Å². The average molecular weight is 251 g/mol. The summed E-state index contributed by atoms with van der Waals surface area (Å²) in [5.74, 6) is 0.0302. The third-order valence-corrected chi connectivity index (χ3v) is 2.73. The number of rotatable bonds is 7. The summed E-state index contributed by atoms with van der Waals surface area (Å²) in [6.07, 6.45) is 1.66. The minimum atomic E-state index is 0.0302. The van der Waals surface area contributed by atoms with Crippen LogP contribution in [-0.2, 0) is 6.54 Å². The molecule has 0 spiro atoms. The Kier molecular flexibility index (Phi) is 6.10. The highest BCUT2D eigenvalue weighted by Crippen LogP contribution is 2.01. The van der Waals surface area contributed by atoms with Crippen LogP contribution in [0.2, 0.25) is 0 Å². The molecular formula is C12H21N5O. The lowest BCUT2D eigenvalue weighted by Crippen LogP contribution is -2.28. The van der Waals surface area contributed by atoms with E-state index < -0.39 is 0 Å². The maximum atomic E-state index is 8.58. The highest BCUT2D eigenvalue weighted by atomic mass is 16.4. The highest BCUT2D eigenvalue weighted by Gasteiger charge is 2.02. The number of aromatic nitrogens is 1. The van der Waals surface area contributed by atoms with Crippen LogP contribution in [0.15, 0.2) is 23.5 Å². The molecule has 0 aliphatic carbocycles. The lowest BCUT2D eigenvalue weighted by molar-refractivity contribution is 0.318. The first-order valence-electron chi connectivity index (χ1n) is 5.99. The molecule has 6 nitrogen and oxygen atoms in total. The number of amidine groups is 1. The van der Waals surface area contributed by atoms with Crippen molar-refractivity contribution in [2.45, 2.75) is 13.5 Å². The molecule has 4 N–H and O–H groups in total. The van der Waals surface area contributed by atoms with E-state index >= 15 is 0 Å². The van der Waals surface area contributed by atoms with Crippen molar-refractivity contribution in [1.82, 2.24) is 15.2 Å². The van der Waals surface area contributed by atoms with Crippen LogP contribution >= 0.6 is 0 Å². The van der Waals surface area contributed by atoms with Gasteiger partial charge in [-0.2, -0.15) is 0 Å². The van der Waals surface area contributed by atoms with Crippen molar-refractivity contribution >= 4 is 5.84 Å². The number of oxime groups is 1. The Morgan fingerprint density at radius 2 is 2.39 bits per heavy atom. The molecule has 1 heterocycles. The van der Waals surface area contributed by atoms with E-state index in [0.717, 1.165) is 31.7 Å². The molecule has 0 aliphatic heterocycles. The zero-order chi connectivity index (χ0) is 13.4. The van der Waals surface area contributed by atoms with Crippen molar-refractivity contribution in [3.8, 4) is 0 Å². The zero-order valence-corrected chi connectivity index (χ0v) is 10.9. The molecule has 18 heavy (non-hydrogen) atoms. The summed E-state index contributed by atoms with van der Waals surface area (Å²) < 4.78 is 0. The van der Waals surface area contributed by atoms with Gasteiger partial charge in [-0.15, -0.1) is 0 Å². The molecule has 0 amide bonds. The first kappa shape index (κ1) is 14.4. The summed E-state index contributed by atoms with van der Waals surface area (Å²) in [5.41, 5.74) is 7.04. The van der Waals surface area contributed by atoms with Crippen molar-refractivity contribution < 1.29 is 5.21 Å². The number of nitrogens with zero attached hydrogens (tertiary/aromatic N) is 3. The SMILES string of the molecule is CCN(C)CCNCc1ccnc(C(N)=NO)c1. The van der Waals surface area contributed by atoms with Crippen LogP contribution in [0.5, 0.6) is 0 Å². The van der Waals surface area contributed by atoms with E-state index in [-0.39, 0.29) is 5.84 Å². The van der Waals surface area contributed by atoms with Crippen molar-refractivity contribution in [2.75, 3.05) is 26.7 Å². The monoisotopic (exact) mass is 251 g/mol. The van der Waals surface area contributed by atoms with Gasteiger partial charge >= 0.3 is 0 Å². The second kappa shape index (κ2) is 7.62. The van der Waals surface area contributed by atoms with Crippen LogP contribution in [0.25, 0.3) is 0 Å². The quantitative estimate of drug-likeness (QED) is 0.212. The van der Waals surface area contributed by atoms with Gasteiger partial charge in [0, 0.05) is 25.8 Å². The predicted molar refractivity (Wildman–Crippen MR) is 71.6 cm³/mol. The van der Waals surface area contributed by atoms with Crippen LogP contribution in [0.3, 0.4) is 0 Å². The molecule has 100 valence electrons. The van der Waals surface area contributed by atoms with Gasteiger partial charge in [-0.3, -0.25) is 4.98 Å². The fraction of sp³-hybridized carbons (Fsp3) is 0.500. The van der Waals surface area contributed by atoms with Gasteiger partial charge in [-0.1, -0.05) is 12.1 Å². The molecule has 0 aliphatic rings. The van der Waals surface area contributed by atoms with E-state index in [9.17, 15) is 0 Å². The fourth-order valence-corrected chi connectivity index (χ4v) is 1.44.